The number of sulfonamides is 1. The van der Waals surface area contributed by atoms with Crippen molar-refractivity contribution >= 4 is 27.3 Å². The van der Waals surface area contributed by atoms with Crippen molar-refractivity contribution < 1.29 is 17.9 Å². The van der Waals surface area contributed by atoms with Gasteiger partial charge in [-0.2, -0.15) is 14.1 Å². The molecule has 0 bridgehead atoms. The van der Waals surface area contributed by atoms with Gasteiger partial charge in [-0.1, -0.05) is 17.7 Å². The van der Waals surface area contributed by atoms with E-state index in [0.29, 0.717) is 42.6 Å². The molecule has 2 fully saturated rings. The third kappa shape index (κ3) is 6.47. The first-order valence-electron chi connectivity index (χ1n) is 13.0. The minimum absolute atomic E-state index is 0.115. The number of anilines is 1. The predicted octanol–water partition coefficient (Wildman–Crippen LogP) is 3.86. The lowest BCUT2D eigenvalue weighted by atomic mass is 9.94. The zero-order chi connectivity index (χ0) is 26.7. The second-order valence-corrected chi connectivity index (χ2v) is 13.2. The number of aromatic nitrogens is 2. The lowest BCUT2D eigenvalue weighted by Gasteiger charge is -2.37. The molecule has 0 amide bonds. The summed E-state index contributed by atoms with van der Waals surface area (Å²) in [5, 5.41) is 4.46. The van der Waals surface area contributed by atoms with Gasteiger partial charge in [0.1, 0.15) is 5.69 Å². The van der Waals surface area contributed by atoms with E-state index in [1.807, 2.05) is 18.7 Å². The van der Waals surface area contributed by atoms with Crippen molar-refractivity contribution in [2.24, 2.45) is 0 Å². The lowest BCUT2D eigenvalue weighted by Crippen LogP contribution is -2.50. The minimum atomic E-state index is -3.34. The maximum atomic E-state index is 13.7. The van der Waals surface area contributed by atoms with E-state index in [9.17, 15) is 13.2 Å². The number of piperazine rings is 1. The fourth-order valence-electron chi connectivity index (χ4n) is 4.88. The van der Waals surface area contributed by atoms with Gasteiger partial charge in [0.2, 0.25) is 15.8 Å². The molecule has 1 saturated carbocycles. The molecule has 2 heterocycles. The van der Waals surface area contributed by atoms with Crippen LogP contribution in [-0.2, 0) is 14.8 Å². The van der Waals surface area contributed by atoms with Crippen LogP contribution in [0.5, 0.6) is 5.75 Å². The summed E-state index contributed by atoms with van der Waals surface area (Å²) in [5.41, 5.74) is 0.777. The number of nitrogens with zero attached hydrogens (tertiary/aromatic N) is 4. The number of rotatable bonds is 8. The predicted molar refractivity (Wildman–Crippen MR) is 146 cm³/mol. The molecular formula is C26H37ClN4O5S. The molecule has 0 unspecified atom stereocenters. The quantitative estimate of drug-likeness (QED) is 0.491. The van der Waals surface area contributed by atoms with E-state index in [1.165, 1.54) is 8.99 Å². The van der Waals surface area contributed by atoms with Gasteiger partial charge in [0.25, 0.3) is 0 Å². The van der Waals surface area contributed by atoms with Gasteiger partial charge in [0, 0.05) is 31.2 Å². The highest BCUT2D eigenvalue weighted by atomic mass is 35.5. The van der Waals surface area contributed by atoms with E-state index in [0.717, 1.165) is 25.7 Å². The minimum Gasteiger partial charge on any atom is -0.483 e. The second-order valence-electron chi connectivity index (χ2n) is 10.2. The molecule has 0 spiro atoms. The third-order valence-electron chi connectivity index (χ3n) is 6.87. The van der Waals surface area contributed by atoms with Crippen molar-refractivity contribution in [2.45, 2.75) is 76.9 Å². The highest BCUT2D eigenvalue weighted by Crippen LogP contribution is 2.31. The molecule has 9 nitrogen and oxygen atoms in total. The summed E-state index contributed by atoms with van der Waals surface area (Å²) in [6, 6.07) is 6.96. The van der Waals surface area contributed by atoms with Crippen molar-refractivity contribution in [1.82, 2.24) is 14.1 Å². The normalized spacial score (nSPS) is 21.5. The molecule has 0 radical (unpaired) electrons. The molecular weight excluding hydrogens is 516 g/mol. The van der Waals surface area contributed by atoms with Crippen LogP contribution in [0.1, 0.15) is 53.4 Å². The highest BCUT2D eigenvalue weighted by molar-refractivity contribution is 7.89. The van der Waals surface area contributed by atoms with Crippen LogP contribution >= 0.6 is 11.6 Å². The average Bonchev–Trinajstić information content (AvgIpc) is 2.86. The zero-order valence-corrected chi connectivity index (χ0v) is 23.5. The van der Waals surface area contributed by atoms with Gasteiger partial charge >= 0.3 is 5.56 Å². The van der Waals surface area contributed by atoms with Gasteiger partial charge in [0.15, 0.2) is 0 Å². The number of ether oxygens (including phenoxy) is 2. The Hall–Kier alpha value is -2.14. The van der Waals surface area contributed by atoms with Crippen molar-refractivity contribution in [3.63, 3.8) is 0 Å². The third-order valence-corrected chi connectivity index (χ3v) is 9.38. The Morgan fingerprint density at radius 3 is 2.24 bits per heavy atom. The van der Waals surface area contributed by atoms with Crippen LogP contribution in [0.4, 0.5) is 5.69 Å². The Morgan fingerprint density at radius 1 is 1.00 bits per heavy atom. The van der Waals surface area contributed by atoms with Crippen molar-refractivity contribution in [2.75, 3.05) is 31.1 Å². The maximum absolute atomic E-state index is 13.7. The van der Waals surface area contributed by atoms with E-state index >= 15 is 0 Å². The topological polar surface area (TPSA) is 94.0 Å². The van der Waals surface area contributed by atoms with Crippen LogP contribution in [0, 0.1) is 0 Å². The van der Waals surface area contributed by atoms with Crippen LogP contribution in [0.3, 0.4) is 0 Å². The van der Waals surface area contributed by atoms with E-state index < -0.39 is 15.3 Å². The molecule has 1 aliphatic heterocycles. The van der Waals surface area contributed by atoms with Crippen LogP contribution in [0.25, 0.3) is 5.69 Å². The summed E-state index contributed by atoms with van der Waals surface area (Å²) < 4.78 is 40.5. The largest absolute Gasteiger partial charge is 0.483 e. The lowest BCUT2D eigenvalue weighted by molar-refractivity contribution is -0.0297. The first-order chi connectivity index (χ1) is 17.6. The van der Waals surface area contributed by atoms with Crippen molar-refractivity contribution in [3.05, 3.63) is 45.8 Å². The summed E-state index contributed by atoms with van der Waals surface area (Å²) in [7, 11) is -3.34. The molecule has 1 aromatic heterocycles. The van der Waals surface area contributed by atoms with Crippen LogP contribution in [0.15, 0.2) is 35.3 Å². The molecule has 1 aliphatic carbocycles. The Morgan fingerprint density at radius 2 is 1.65 bits per heavy atom. The van der Waals surface area contributed by atoms with E-state index in [1.54, 1.807) is 44.3 Å². The first-order valence-corrected chi connectivity index (χ1v) is 14.9. The monoisotopic (exact) mass is 552 g/mol. The van der Waals surface area contributed by atoms with Crippen LogP contribution < -0.4 is 15.2 Å². The van der Waals surface area contributed by atoms with Crippen LogP contribution in [-0.4, -0.2) is 72.2 Å². The Kier molecular flexibility index (Phi) is 8.83. The van der Waals surface area contributed by atoms with Gasteiger partial charge in [-0.15, -0.1) is 0 Å². The molecule has 0 N–H and O–H groups in total. The standard InChI is InChI=1S/C26H37ClN4O5S/c1-18(2)35-22-8-10-23(11-9-22)36-25-24(29-12-14-30(15-13-29)37(33,34)19(3)4)17-28-31(26(25)32)21-7-5-6-20(27)16-21/h5-7,16-19,22-23H,8-15H2,1-4H3/t22-,23-. The van der Waals surface area contributed by atoms with E-state index in [2.05, 4.69) is 5.10 Å². The van der Waals surface area contributed by atoms with Gasteiger partial charge in [-0.3, -0.25) is 4.79 Å². The van der Waals surface area contributed by atoms with Gasteiger partial charge in [-0.05, 0) is 71.6 Å². The number of halogens is 1. The fourth-order valence-corrected chi connectivity index (χ4v) is 6.33. The van der Waals surface area contributed by atoms with Gasteiger partial charge in [0.05, 0.1) is 35.4 Å². The molecule has 4 rings (SSSR count). The first kappa shape index (κ1) is 27.9. The molecule has 1 aromatic carbocycles. The van der Waals surface area contributed by atoms with E-state index in [-0.39, 0.29) is 29.6 Å². The average molecular weight is 553 g/mol. The van der Waals surface area contributed by atoms with Crippen molar-refractivity contribution in [3.8, 4) is 11.4 Å². The smallest absolute Gasteiger partial charge is 0.316 e. The number of benzene rings is 1. The second kappa shape index (κ2) is 11.7. The molecule has 37 heavy (non-hydrogen) atoms. The summed E-state index contributed by atoms with van der Waals surface area (Å²) >= 11 is 6.17. The molecule has 0 atom stereocenters. The fraction of sp³-hybridized carbons (Fsp3) is 0.615. The van der Waals surface area contributed by atoms with Crippen molar-refractivity contribution in [1.29, 1.82) is 0 Å². The Bertz CT molecular complexity index is 1230. The molecule has 204 valence electrons. The summed E-state index contributed by atoms with van der Waals surface area (Å²) in [6.45, 7) is 9.03. The SMILES string of the molecule is CC(C)O[C@H]1CC[C@H](Oc2c(N3CCN(S(=O)(=O)C(C)C)CC3)cnn(-c3cccc(Cl)c3)c2=O)CC1. The molecule has 2 aromatic rings. The summed E-state index contributed by atoms with van der Waals surface area (Å²) in [6.07, 6.45) is 5.23. The molecule has 2 aliphatic rings. The summed E-state index contributed by atoms with van der Waals surface area (Å²) in [4.78, 5) is 15.7. The highest BCUT2D eigenvalue weighted by Gasteiger charge is 2.32. The zero-order valence-electron chi connectivity index (χ0n) is 22.0. The Balaban J connectivity index is 1.60. The number of hydrogen-bond acceptors (Lipinski definition) is 7. The number of hydrogen-bond donors (Lipinski definition) is 0. The summed E-state index contributed by atoms with van der Waals surface area (Å²) in [5.74, 6) is 0.239. The van der Waals surface area contributed by atoms with Gasteiger partial charge in [-0.25, -0.2) is 8.42 Å². The Labute approximate surface area is 224 Å². The maximum Gasteiger partial charge on any atom is 0.316 e. The van der Waals surface area contributed by atoms with E-state index in [4.69, 9.17) is 21.1 Å². The van der Waals surface area contributed by atoms with Gasteiger partial charge < -0.3 is 14.4 Å². The van der Waals surface area contributed by atoms with Crippen LogP contribution in [0.2, 0.25) is 5.02 Å². The molecule has 1 saturated heterocycles. The molecule has 11 heteroatoms.